The Balaban J connectivity index is 3.08. The van der Waals surface area contributed by atoms with E-state index in [-0.39, 0.29) is 5.83 Å². The van der Waals surface area contributed by atoms with E-state index in [9.17, 15) is 4.39 Å². The lowest BCUT2D eigenvalue weighted by atomic mass is 9.98. The van der Waals surface area contributed by atoms with Crippen molar-refractivity contribution in [3.8, 4) is 0 Å². The second kappa shape index (κ2) is 7.81. The molecule has 0 aliphatic rings. The highest BCUT2D eigenvalue weighted by molar-refractivity contribution is 5.58. The summed E-state index contributed by atoms with van der Waals surface area (Å²) in [5.74, 6) is -0.258. The van der Waals surface area contributed by atoms with Crippen molar-refractivity contribution in [3.63, 3.8) is 0 Å². The van der Waals surface area contributed by atoms with Crippen molar-refractivity contribution in [1.82, 2.24) is 15.1 Å². The number of nitrogens with zero attached hydrogens (tertiary/aromatic N) is 2. The van der Waals surface area contributed by atoms with Crippen LogP contribution in [-0.4, -0.2) is 16.8 Å². The Bertz CT molecular complexity index is 682. The predicted molar refractivity (Wildman–Crippen MR) is 96.5 cm³/mol. The third kappa shape index (κ3) is 4.58. The molecule has 0 saturated heterocycles. The minimum Gasteiger partial charge on any atom is -0.391 e. The molecule has 1 aromatic rings. The van der Waals surface area contributed by atoms with Gasteiger partial charge in [0.1, 0.15) is 5.83 Å². The monoisotopic (exact) mass is 318 g/mol. The molecular formula is C18H27FN4. The molecule has 0 spiro atoms. The van der Waals surface area contributed by atoms with Crippen LogP contribution in [0.5, 0.6) is 0 Å². The molecule has 5 heteroatoms. The summed E-state index contributed by atoms with van der Waals surface area (Å²) in [6, 6.07) is 0. The molecule has 0 unspecified atom stereocenters. The Morgan fingerprint density at radius 1 is 1.17 bits per heavy atom. The predicted octanol–water partition coefficient (Wildman–Crippen LogP) is 4.84. The first kappa shape index (κ1) is 18.7. The molecule has 2 N–H and O–H groups in total. The molecule has 0 amide bonds. The lowest BCUT2D eigenvalue weighted by molar-refractivity contribution is 0.630. The lowest BCUT2D eigenvalue weighted by Gasteiger charge is -2.17. The Labute approximate surface area is 138 Å². The summed E-state index contributed by atoms with van der Waals surface area (Å²) in [5.41, 5.74) is 6.48. The first-order valence-electron chi connectivity index (χ1n) is 7.56. The van der Waals surface area contributed by atoms with E-state index in [1.165, 1.54) is 11.6 Å². The average Bonchev–Trinajstić information content (AvgIpc) is 2.93. The number of hydrogen-bond acceptors (Lipinski definition) is 3. The summed E-state index contributed by atoms with van der Waals surface area (Å²) in [4.78, 5) is 0. The molecule has 0 atom stereocenters. The molecule has 0 radical (unpaired) electrons. The van der Waals surface area contributed by atoms with Crippen molar-refractivity contribution in [2.45, 2.75) is 41.5 Å². The second-order valence-corrected chi connectivity index (χ2v) is 5.77. The quantitative estimate of drug-likeness (QED) is 0.738. The summed E-state index contributed by atoms with van der Waals surface area (Å²) in [6.45, 7) is 15.4. The number of anilines is 1. The van der Waals surface area contributed by atoms with Gasteiger partial charge in [-0.15, -0.1) is 0 Å². The zero-order valence-corrected chi connectivity index (χ0v) is 15.1. The van der Waals surface area contributed by atoms with E-state index in [2.05, 4.69) is 43.1 Å². The Morgan fingerprint density at radius 3 is 2.26 bits per heavy atom. The van der Waals surface area contributed by atoms with Crippen LogP contribution >= 0.6 is 0 Å². The average molecular weight is 318 g/mol. The van der Waals surface area contributed by atoms with Gasteiger partial charge in [-0.3, -0.25) is 0 Å². The van der Waals surface area contributed by atoms with Gasteiger partial charge in [0.25, 0.3) is 0 Å². The maximum absolute atomic E-state index is 13.3. The fourth-order valence-electron chi connectivity index (χ4n) is 2.24. The number of hydrogen-bond donors (Lipinski definition) is 2. The molecule has 4 nitrogen and oxygen atoms in total. The van der Waals surface area contributed by atoms with Gasteiger partial charge in [0.05, 0.1) is 23.8 Å². The lowest BCUT2D eigenvalue weighted by Crippen LogP contribution is -2.10. The summed E-state index contributed by atoms with van der Waals surface area (Å²) < 4.78 is 14.8. The standard InChI is InChI=1S/C18H27FN4/c1-11(2)18(12(3)14(5)20-8)15(6)22-17-9-21-23(10-17)16(7)13(4)19/h9-10,20,22H,6H2,1-5,7-8H3/b14-12+,16-13-. The van der Waals surface area contributed by atoms with Crippen molar-refractivity contribution < 1.29 is 4.39 Å². The third-order valence-electron chi connectivity index (χ3n) is 3.83. The molecule has 126 valence electrons. The smallest absolute Gasteiger partial charge is 0.118 e. The Morgan fingerprint density at radius 2 is 1.78 bits per heavy atom. The van der Waals surface area contributed by atoms with Crippen molar-refractivity contribution >= 4 is 11.4 Å². The van der Waals surface area contributed by atoms with Gasteiger partial charge >= 0.3 is 0 Å². The van der Waals surface area contributed by atoms with Crippen LogP contribution in [0.2, 0.25) is 0 Å². The summed E-state index contributed by atoms with van der Waals surface area (Å²) >= 11 is 0. The van der Waals surface area contributed by atoms with Crippen LogP contribution in [-0.2, 0) is 0 Å². The van der Waals surface area contributed by atoms with Gasteiger partial charge in [-0.25, -0.2) is 9.07 Å². The highest BCUT2D eigenvalue weighted by Gasteiger charge is 2.11. The third-order valence-corrected chi connectivity index (χ3v) is 3.83. The van der Waals surface area contributed by atoms with E-state index < -0.39 is 0 Å². The minimum absolute atomic E-state index is 0.258. The fourth-order valence-corrected chi connectivity index (χ4v) is 2.24. The molecule has 0 saturated carbocycles. The summed E-state index contributed by atoms with van der Waals surface area (Å²) in [6.07, 6.45) is 3.40. The number of aromatic nitrogens is 2. The van der Waals surface area contributed by atoms with Crippen LogP contribution in [0.25, 0.3) is 5.70 Å². The van der Waals surface area contributed by atoms with Crippen molar-refractivity contribution in [1.29, 1.82) is 0 Å². The van der Waals surface area contributed by atoms with E-state index >= 15 is 0 Å². The van der Waals surface area contributed by atoms with Gasteiger partial charge < -0.3 is 10.6 Å². The normalized spacial score (nSPS) is 13.0. The molecule has 1 heterocycles. The highest BCUT2D eigenvalue weighted by Crippen LogP contribution is 2.25. The van der Waals surface area contributed by atoms with Crippen LogP contribution in [0.1, 0.15) is 41.5 Å². The maximum Gasteiger partial charge on any atom is 0.118 e. The molecule has 0 bridgehead atoms. The van der Waals surface area contributed by atoms with Crippen LogP contribution < -0.4 is 10.6 Å². The zero-order chi connectivity index (χ0) is 17.7. The van der Waals surface area contributed by atoms with E-state index in [4.69, 9.17) is 0 Å². The number of nitrogens with one attached hydrogen (secondary N) is 2. The number of halogens is 1. The van der Waals surface area contributed by atoms with E-state index in [1.807, 2.05) is 14.0 Å². The number of rotatable bonds is 6. The molecule has 1 aromatic heterocycles. The van der Waals surface area contributed by atoms with Crippen LogP contribution in [0.3, 0.4) is 0 Å². The first-order valence-corrected chi connectivity index (χ1v) is 7.56. The molecule has 1 rings (SSSR count). The molecule has 0 aliphatic carbocycles. The van der Waals surface area contributed by atoms with Gasteiger partial charge in [-0.1, -0.05) is 12.2 Å². The molecule has 23 heavy (non-hydrogen) atoms. The first-order chi connectivity index (χ1) is 10.7. The SMILES string of the molecule is C=C(Nc1cnn(/C(C)=C(/C)F)c1)C(=C(C)C)/C(C)=C(\C)NC. The van der Waals surface area contributed by atoms with Gasteiger partial charge in [-0.2, -0.15) is 5.10 Å². The largest absolute Gasteiger partial charge is 0.391 e. The van der Waals surface area contributed by atoms with Crippen molar-refractivity contribution in [2.75, 3.05) is 12.4 Å². The Hall–Kier alpha value is -2.30. The van der Waals surface area contributed by atoms with Gasteiger partial charge in [0.15, 0.2) is 0 Å². The van der Waals surface area contributed by atoms with Crippen LogP contribution in [0, 0.1) is 0 Å². The van der Waals surface area contributed by atoms with Crippen molar-refractivity contribution in [3.05, 3.63) is 52.9 Å². The van der Waals surface area contributed by atoms with E-state index in [0.717, 1.165) is 33.8 Å². The maximum atomic E-state index is 13.3. The highest BCUT2D eigenvalue weighted by atomic mass is 19.1. The van der Waals surface area contributed by atoms with E-state index in [0.29, 0.717) is 5.70 Å². The van der Waals surface area contributed by atoms with Gasteiger partial charge in [0, 0.05) is 24.0 Å². The Kier molecular flexibility index (Phi) is 6.37. The van der Waals surface area contributed by atoms with Crippen molar-refractivity contribution in [2.24, 2.45) is 0 Å². The van der Waals surface area contributed by atoms with Gasteiger partial charge in [-0.05, 0) is 47.1 Å². The molecule has 0 fully saturated rings. The zero-order valence-electron chi connectivity index (χ0n) is 15.1. The van der Waals surface area contributed by atoms with Crippen LogP contribution in [0.4, 0.5) is 10.1 Å². The van der Waals surface area contributed by atoms with Crippen LogP contribution in [0.15, 0.2) is 52.9 Å². The molecule has 0 aliphatic heterocycles. The molecular weight excluding hydrogens is 291 g/mol. The number of allylic oxidation sites excluding steroid dienone is 5. The summed E-state index contributed by atoms with van der Waals surface area (Å²) in [5, 5.41) is 10.6. The van der Waals surface area contributed by atoms with Gasteiger partial charge in [0.2, 0.25) is 0 Å². The summed E-state index contributed by atoms with van der Waals surface area (Å²) in [7, 11) is 1.90. The molecule has 0 aromatic carbocycles. The topological polar surface area (TPSA) is 41.9 Å². The fraction of sp³-hybridized carbons (Fsp3) is 0.389. The minimum atomic E-state index is -0.258. The van der Waals surface area contributed by atoms with E-state index in [1.54, 1.807) is 19.3 Å². The second-order valence-electron chi connectivity index (χ2n) is 5.77.